The number of nitrogens with two attached hydrogens (primary N) is 1. The molecule has 0 atom stereocenters. The lowest BCUT2D eigenvalue weighted by Crippen LogP contribution is -1.96. The Morgan fingerprint density at radius 1 is 1.15 bits per heavy atom. The number of rotatable bonds is 2. The molecular formula is C14H10N4O2. The summed E-state index contributed by atoms with van der Waals surface area (Å²) in [6.45, 7) is 0. The van der Waals surface area contributed by atoms with Crippen LogP contribution in [0.2, 0.25) is 0 Å². The first-order valence-corrected chi connectivity index (χ1v) is 5.90. The molecule has 0 fully saturated rings. The molecule has 0 bridgehead atoms. The van der Waals surface area contributed by atoms with Crippen LogP contribution in [0.4, 0.5) is 11.5 Å². The maximum Gasteiger partial charge on any atom is 0.275 e. The van der Waals surface area contributed by atoms with E-state index in [1.165, 1.54) is 12.1 Å². The van der Waals surface area contributed by atoms with Gasteiger partial charge >= 0.3 is 0 Å². The fraction of sp³-hybridized carbons (Fsp3) is 0. The molecule has 0 aliphatic heterocycles. The van der Waals surface area contributed by atoms with E-state index in [4.69, 9.17) is 5.73 Å². The van der Waals surface area contributed by atoms with Crippen LogP contribution >= 0.6 is 0 Å². The van der Waals surface area contributed by atoms with Crippen molar-refractivity contribution < 1.29 is 4.92 Å². The molecule has 3 aromatic rings. The molecule has 98 valence electrons. The van der Waals surface area contributed by atoms with Crippen LogP contribution in [0.25, 0.3) is 22.2 Å². The van der Waals surface area contributed by atoms with Gasteiger partial charge in [-0.15, -0.1) is 0 Å². The summed E-state index contributed by atoms with van der Waals surface area (Å²) in [5.74, 6) is 0.125. The summed E-state index contributed by atoms with van der Waals surface area (Å²) in [5, 5.41) is 11.8. The topological polar surface area (TPSA) is 94.9 Å². The number of nitrogens with zero attached hydrogens (tertiary/aromatic N) is 3. The number of nitro groups is 1. The van der Waals surface area contributed by atoms with Crippen LogP contribution in [0.3, 0.4) is 0 Å². The molecular weight excluding hydrogens is 256 g/mol. The lowest BCUT2D eigenvalue weighted by atomic mass is 10.1. The molecule has 6 heteroatoms. The number of anilines is 1. The number of hydrogen-bond donors (Lipinski definition) is 1. The van der Waals surface area contributed by atoms with Gasteiger partial charge in [-0.1, -0.05) is 12.1 Å². The monoisotopic (exact) mass is 266 g/mol. The van der Waals surface area contributed by atoms with Gasteiger partial charge in [0.15, 0.2) is 0 Å². The van der Waals surface area contributed by atoms with Gasteiger partial charge in [-0.3, -0.25) is 15.1 Å². The van der Waals surface area contributed by atoms with E-state index >= 15 is 0 Å². The quantitative estimate of drug-likeness (QED) is 0.568. The summed E-state index contributed by atoms with van der Waals surface area (Å²) in [5.41, 5.74) is 7.64. The number of hydrogen-bond acceptors (Lipinski definition) is 5. The van der Waals surface area contributed by atoms with E-state index < -0.39 is 4.92 Å². The maximum atomic E-state index is 10.9. The number of fused-ring (bicyclic) bond motifs is 1. The summed E-state index contributed by atoms with van der Waals surface area (Å²) in [7, 11) is 0. The van der Waals surface area contributed by atoms with Crippen LogP contribution in [0, 0.1) is 10.1 Å². The van der Waals surface area contributed by atoms with E-state index in [1.807, 2.05) is 30.3 Å². The molecule has 0 saturated carbocycles. The molecule has 0 aliphatic carbocycles. The van der Waals surface area contributed by atoms with Gasteiger partial charge in [-0.05, 0) is 18.2 Å². The average Bonchev–Trinajstić information content (AvgIpc) is 2.46. The summed E-state index contributed by atoms with van der Waals surface area (Å²) < 4.78 is 0. The van der Waals surface area contributed by atoms with E-state index in [0.29, 0.717) is 5.69 Å². The largest absolute Gasteiger partial charge is 0.383 e. The van der Waals surface area contributed by atoms with E-state index in [1.54, 1.807) is 6.20 Å². The first-order chi connectivity index (χ1) is 9.63. The number of pyridine rings is 2. The molecule has 1 aromatic carbocycles. The Bertz CT molecular complexity index is 817. The lowest BCUT2D eigenvalue weighted by Gasteiger charge is -2.04. The van der Waals surface area contributed by atoms with Crippen LogP contribution in [0.1, 0.15) is 0 Å². The van der Waals surface area contributed by atoms with Crippen LogP contribution in [0.15, 0.2) is 48.7 Å². The van der Waals surface area contributed by atoms with Gasteiger partial charge < -0.3 is 5.73 Å². The van der Waals surface area contributed by atoms with Crippen molar-refractivity contribution in [1.29, 1.82) is 0 Å². The van der Waals surface area contributed by atoms with Crippen LogP contribution in [-0.4, -0.2) is 14.9 Å². The third-order valence-corrected chi connectivity index (χ3v) is 2.94. The highest BCUT2D eigenvalue weighted by atomic mass is 16.6. The lowest BCUT2D eigenvalue weighted by molar-refractivity contribution is -0.384. The minimum Gasteiger partial charge on any atom is -0.383 e. The molecule has 2 N–H and O–H groups in total. The van der Waals surface area contributed by atoms with Crippen LogP contribution in [-0.2, 0) is 0 Å². The Morgan fingerprint density at radius 2 is 2.00 bits per heavy atom. The number of aromatic nitrogens is 2. The second kappa shape index (κ2) is 4.58. The van der Waals surface area contributed by atoms with Gasteiger partial charge in [0.1, 0.15) is 5.82 Å². The zero-order valence-electron chi connectivity index (χ0n) is 10.4. The standard InChI is InChI=1S/C14H10N4O2/c15-14-8-11(18(19)20)7-13(17-14)10-3-4-12-9(6-10)2-1-5-16-12/h1-8H,(H2,15,17). The minimum atomic E-state index is -0.482. The highest BCUT2D eigenvalue weighted by Gasteiger charge is 2.11. The van der Waals surface area contributed by atoms with Gasteiger partial charge in [0, 0.05) is 23.2 Å². The summed E-state index contributed by atoms with van der Waals surface area (Å²) in [6.07, 6.45) is 1.71. The van der Waals surface area contributed by atoms with Gasteiger partial charge in [0.25, 0.3) is 5.69 Å². The Balaban J connectivity index is 2.17. The van der Waals surface area contributed by atoms with Crippen molar-refractivity contribution in [2.75, 3.05) is 5.73 Å². The third-order valence-electron chi connectivity index (χ3n) is 2.94. The van der Waals surface area contributed by atoms with Crippen molar-refractivity contribution in [3.05, 3.63) is 58.8 Å². The average molecular weight is 266 g/mol. The van der Waals surface area contributed by atoms with E-state index in [-0.39, 0.29) is 11.5 Å². The van der Waals surface area contributed by atoms with Gasteiger partial charge in [0.05, 0.1) is 22.2 Å². The molecule has 20 heavy (non-hydrogen) atoms. The predicted molar refractivity (Wildman–Crippen MR) is 76.0 cm³/mol. The van der Waals surface area contributed by atoms with Gasteiger partial charge in [0.2, 0.25) is 0 Å². The van der Waals surface area contributed by atoms with Crippen molar-refractivity contribution in [2.45, 2.75) is 0 Å². The number of benzene rings is 1. The molecule has 0 saturated heterocycles. The van der Waals surface area contributed by atoms with E-state index in [9.17, 15) is 10.1 Å². The highest BCUT2D eigenvalue weighted by Crippen LogP contribution is 2.26. The van der Waals surface area contributed by atoms with E-state index in [0.717, 1.165) is 16.5 Å². The molecule has 0 unspecified atom stereocenters. The Labute approximate surface area is 114 Å². The van der Waals surface area contributed by atoms with Crippen molar-refractivity contribution >= 4 is 22.4 Å². The molecule has 0 amide bonds. The van der Waals surface area contributed by atoms with Gasteiger partial charge in [-0.25, -0.2) is 4.98 Å². The summed E-state index contributed by atoms with van der Waals surface area (Å²) >= 11 is 0. The van der Waals surface area contributed by atoms with Crippen molar-refractivity contribution in [3.63, 3.8) is 0 Å². The van der Waals surface area contributed by atoms with Crippen LogP contribution in [0.5, 0.6) is 0 Å². The molecule has 0 radical (unpaired) electrons. The molecule has 0 aliphatic rings. The first-order valence-electron chi connectivity index (χ1n) is 5.90. The van der Waals surface area contributed by atoms with Crippen molar-refractivity contribution in [3.8, 4) is 11.3 Å². The zero-order valence-corrected chi connectivity index (χ0v) is 10.4. The second-order valence-corrected chi connectivity index (χ2v) is 4.30. The normalized spacial score (nSPS) is 10.6. The van der Waals surface area contributed by atoms with Crippen molar-refractivity contribution in [2.24, 2.45) is 0 Å². The second-order valence-electron chi connectivity index (χ2n) is 4.30. The molecule has 0 spiro atoms. The molecule has 6 nitrogen and oxygen atoms in total. The SMILES string of the molecule is Nc1cc([N+](=O)[O-])cc(-c2ccc3ncccc3c2)n1. The fourth-order valence-corrected chi connectivity index (χ4v) is 2.03. The van der Waals surface area contributed by atoms with Crippen LogP contribution < -0.4 is 5.73 Å². The number of nitrogen functional groups attached to an aromatic ring is 1. The third kappa shape index (κ3) is 2.14. The molecule has 2 heterocycles. The molecule has 3 rings (SSSR count). The Morgan fingerprint density at radius 3 is 2.80 bits per heavy atom. The first kappa shape index (κ1) is 12.0. The fourth-order valence-electron chi connectivity index (χ4n) is 2.03. The predicted octanol–water partition coefficient (Wildman–Crippen LogP) is 2.79. The minimum absolute atomic E-state index is 0.0706. The van der Waals surface area contributed by atoms with E-state index in [2.05, 4.69) is 9.97 Å². The Hall–Kier alpha value is -3.02. The molecule has 2 aromatic heterocycles. The van der Waals surface area contributed by atoms with Crippen molar-refractivity contribution in [1.82, 2.24) is 9.97 Å². The maximum absolute atomic E-state index is 10.9. The zero-order chi connectivity index (χ0) is 14.1. The Kier molecular flexibility index (Phi) is 2.76. The highest BCUT2D eigenvalue weighted by molar-refractivity contribution is 5.84. The smallest absolute Gasteiger partial charge is 0.275 e. The summed E-state index contributed by atoms with van der Waals surface area (Å²) in [6, 6.07) is 12.0. The summed E-state index contributed by atoms with van der Waals surface area (Å²) in [4.78, 5) is 18.8. The van der Waals surface area contributed by atoms with Gasteiger partial charge in [-0.2, -0.15) is 0 Å².